The second-order valence-corrected chi connectivity index (χ2v) is 6.83. The lowest BCUT2D eigenvalue weighted by Gasteiger charge is -2.34. The van der Waals surface area contributed by atoms with Gasteiger partial charge in [-0.05, 0) is 29.7 Å². The van der Waals surface area contributed by atoms with Crippen molar-refractivity contribution in [3.63, 3.8) is 0 Å². The predicted octanol–water partition coefficient (Wildman–Crippen LogP) is 3.44. The van der Waals surface area contributed by atoms with Crippen molar-refractivity contribution in [3.8, 4) is 0 Å². The van der Waals surface area contributed by atoms with Crippen LogP contribution in [0.15, 0.2) is 35.3 Å². The van der Waals surface area contributed by atoms with E-state index in [1.54, 1.807) is 0 Å². The number of nitrogens with zero attached hydrogens (tertiary/aromatic N) is 1. The molecule has 0 amide bonds. The smallest absolute Gasteiger partial charge is 0.0955 e. The summed E-state index contributed by atoms with van der Waals surface area (Å²) in [6.45, 7) is 7.55. The van der Waals surface area contributed by atoms with E-state index in [0.717, 1.165) is 18.6 Å². The molecule has 0 aliphatic heterocycles. The van der Waals surface area contributed by atoms with Crippen LogP contribution in [-0.2, 0) is 6.54 Å². The van der Waals surface area contributed by atoms with Crippen LogP contribution in [0.2, 0.25) is 0 Å². The van der Waals surface area contributed by atoms with Crippen molar-refractivity contribution in [3.05, 3.63) is 35.9 Å². The molecule has 0 heterocycles. The van der Waals surface area contributed by atoms with E-state index >= 15 is 0 Å². The van der Waals surface area contributed by atoms with Gasteiger partial charge in [0.1, 0.15) is 0 Å². The van der Waals surface area contributed by atoms with Gasteiger partial charge in [0.15, 0.2) is 0 Å². The first-order valence-electron chi connectivity index (χ1n) is 7.23. The maximum Gasteiger partial charge on any atom is 0.0955 e. The fraction of sp³-hybridized carbons (Fsp3) is 0.588. The molecule has 2 heteroatoms. The molecule has 3 unspecified atom stereocenters. The Morgan fingerprint density at radius 3 is 2.47 bits per heavy atom. The highest BCUT2D eigenvalue weighted by atomic mass is 16.3. The lowest BCUT2D eigenvalue weighted by atomic mass is 9.70. The number of rotatable bonds is 2. The third-order valence-corrected chi connectivity index (χ3v) is 5.81. The van der Waals surface area contributed by atoms with E-state index in [1.807, 2.05) is 18.2 Å². The molecule has 3 atom stereocenters. The number of aliphatic hydroxyl groups excluding tert-OH is 1. The van der Waals surface area contributed by atoms with Crippen LogP contribution in [0.25, 0.3) is 0 Å². The number of fused-ring (bicyclic) bond motifs is 2. The van der Waals surface area contributed by atoms with Crippen molar-refractivity contribution >= 4 is 5.71 Å². The van der Waals surface area contributed by atoms with Gasteiger partial charge in [0, 0.05) is 11.1 Å². The van der Waals surface area contributed by atoms with Crippen LogP contribution in [0.3, 0.4) is 0 Å². The first-order valence-corrected chi connectivity index (χ1v) is 7.23. The van der Waals surface area contributed by atoms with Gasteiger partial charge in [-0.2, -0.15) is 0 Å². The normalized spacial score (nSPS) is 38.0. The van der Waals surface area contributed by atoms with Gasteiger partial charge in [0.05, 0.1) is 12.6 Å². The van der Waals surface area contributed by atoms with Crippen molar-refractivity contribution in [2.75, 3.05) is 0 Å². The van der Waals surface area contributed by atoms with Gasteiger partial charge in [-0.1, -0.05) is 51.1 Å². The Morgan fingerprint density at radius 2 is 1.89 bits per heavy atom. The van der Waals surface area contributed by atoms with Crippen molar-refractivity contribution in [1.82, 2.24) is 0 Å². The summed E-state index contributed by atoms with van der Waals surface area (Å²) in [7, 11) is 0. The van der Waals surface area contributed by atoms with Crippen molar-refractivity contribution < 1.29 is 5.11 Å². The molecule has 2 bridgehead atoms. The molecule has 2 aliphatic rings. The van der Waals surface area contributed by atoms with Gasteiger partial charge in [-0.25, -0.2) is 0 Å². The van der Waals surface area contributed by atoms with Crippen LogP contribution in [0.1, 0.15) is 39.2 Å². The fourth-order valence-corrected chi connectivity index (χ4v) is 4.09. The zero-order valence-corrected chi connectivity index (χ0v) is 12.1. The van der Waals surface area contributed by atoms with E-state index in [9.17, 15) is 5.11 Å². The van der Waals surface area contributed by atoms with E-state index in [1.165, 1.54) is 5.56 Å². The third kappa shape index (κ3) is 1.69. The molecular formula is C17H23NO. The average molecular weight is 257 g/mol. The minimum atomic E-state index is -0.336. The highest BCUT2D eigenvalue weighted by Gasteiger charge is 2.64. The van der Waals surface area contributed by atoms with Crippen LogP contribution < -0.4 is 0 Å². The zero-order valence-electron chi connectivity index (χ0n) is 12.1. The molecule has 2 fully saturated rings. The quantitative estimate of drug-likeness (QED) is 0.865. The van der Waals surface area contributed by atoms with Gasteiger partial charge >= 0.3 is 0 Å². The number of aliphatic imine (C=N–C) groups is 1. The minimum absolute atomic E-state index is 0.0753. The first-order chi connectivity index (χ1) is 8.97. The molecule has 2 aliphatic carbocycles. The molecule has 1 aromatic rings. The fourth-order valence-electron chi connectivity index (χ4n) is 4.09. The highest BCUT2D eigenvalue weighted by Crippen LogP contribution is 2.64. The summed E-state index contributed by atoms with van der Waals surface area (Å²) in [5.41, 5.74) is 2.50. The lowest BCUT2D eigenvalue weighted by Crippen LogP contribution is -2.35. The Bertz CT molecular complexity index is 505. The van der Waals surface area contributed by atoms with E-state index in [4.69, 9.17) is 4.99 Å². The van der Waals surface area contributed by atoms with Gasteiger partial charge < -0.3 is 5.11 Å². The molecule has 19 heavy (non-hydrogen) atoms. The SMILES string of the molecule is CC12CCC(C(O)C1=NCc1ccccc1)C2(C)C. The van der Waals surface area contributed by atoms with Crippen LogP contribution in [0.4, 0.5) is 0 Å². The minimum Gasteiger partial charge on any atom is -0.387 e. The maximum atomic E-state index is 10.5. The largest absolute Gasteiger partial charge is 0.387 e. The summed E-state index contributed by atoms with van der Waals surface area (Å²) in [6, 6.07) is 10.3. The number of benzene rings is 1. The molecule has 2 nitrogen and oxygen atoms in total. The van der Waals surface area contributed by atoms with Gasteiger partial charge in [-0.15, -0.1) is 0 Å². The standard InChI is InChI=1S/C17H23NO/c1-16(2)13-9-10-17(16,3)15(14(13)19)18-11-12-7-5-4-6-8-12/h4-8,13-14,19H,9-11H2,1-3H3. The van der Waals surface area contributed by atoms with E-state index in [0.29, 0.717) is 12.5 Å². The average Bonchev–Trinajstić information content (AvgIpc) is 2.69. The molecule has 0 saturated heterocycles. The first kappa shape index (κ1) is 12.9. The molecular weight excluding hydrogens is 234 g/mol. The molecule has 0 radical (unpaired) electrons. The highest BCUT2D eigenvalue weighted by molar-refractivity contribution is 5.98. The molecule has 3 rings (SSSR count). The van der Waals surface area contributed by atoms with Gasteiger partial charge in [0.25, 0.3) is 0 Å². The molecule has 1 aromatic carbocycles. The van der Waals surface area contributed by atoms with Crippen molar-refractivity contribution in [2.24, 2.45) is 21.7 Å². The Labute approximate surface area is 115 Å². The number of aliphatic hydroxyl groups is 1. The summed E-state index contributed by atoms with van der Waals surface area (Å²) >= 11 is 0. The Balaban J connectivity index is 1.90. The van der Waals surface area contributed by atoms with E-state index in [2.05, 4.69) is 32.9 Å². The summed E-state index contributed by atoms with van der Waals surface area (Å²) in [5, 5.41) is 10.5. The van der Waals surface area contributed by atoms with E-state index in [-0.39, 0.29) is 16.9 Å². The zero-order chi connectivity index (χ0) is 13.7. The summed E-state index contributed by atoms with van der Waals surface area (Å²) in [6.07, 6.45) is 1.96. The Morgan fingerprint density at radius 1 is 1.21 bits per heavy atom. The second-order valence-electron chi connectivity index (χ2n) is 6.83. The second kappa shape index (κ2) is 4.17. The molecule has 1 N–H and O–H groups in total. The molecule has 0 aromatic heterocycles. The summed E-state index contributed by atoms with van der Waals surface area (Å²) in [5.74, 6) is 0.382. The predicted molar refractivity (Wildman–Crippen MR) is 78.2 cm³/mol. The molecule has 102 valence electrons. The monoisotopic (exact) mass is 257 g/mol. The van der Waals surface area contributed by atoms with Crippen molar-refractivity contribution in [2.45, 2.75) is 46.3 Å². The van der Waals surface area contributed by atoms with Crippen LogP contribution in [-0.4, -0.2) is 16.9 Å². The summed E-state index contributed by atoms with van der Waals surface area (Å²) < 4.78 is 0. The van der Waals surface area contributed by atoms with Crippen molar-refractivity contribution in [1.29, 1.82) is 0 Å². The van der Waals surface area contributed by atoms with Crippen LogP contribution in [0.5, 0.6) is 0 Å². The molecule has 0 spiro atoms. The Hall–Kier alpha value is -1.15. The summed E-state index contributed by atoms with van der Waals surface area (Å²) in [4.78, 5) is 4.79. The van der Waals surface area contributed by atoms with Gasteiger partial charge in [0.2, 0.25) is 0 Å². The topological polar surface area (TPSA) is 32.6 Å². The number of hydrogen-bond acceptors (Lipinski definition) is 2. The van der Waals surface area contributed by atoms with Gasteiger partial charge in [-0.3, -0.25) is 4.99 Å². The molecule has 2 saturated carbocycles. The van der Waals surface area contributed by atoms with Crippen LogP contribution >= 0.6 is 0 Å². The Kier molecular flexibility index (Phi) is 2.82. The maximum absolute atomic E-state index is 10.5. The third-order valence-electron chi connectivity index (χ3n) is 5.81. The van der Waals surface area contributed by atoms with E-state index < -0.39 is 0 Å². The number of hydrogen-bond donors (Lipinski definition) is 1. The van der Waals surface area contributed by atoms with Crippen LogP contribution in [0, 0.1) is 16.7 Å². The lowest BCUT2D eigenvalue weighted by molar-refractivity contribution is 0.115.